The van der Waals surface area contributed by atoms with Crippen LogP contribution in [0.3, 0.4) is 0 Å². The van der Waals surface area contributed by atoms with E-state index in [1.165, 1.54) is 0 Å². The van der Waals surface area contributed by atoms with Crippen molar-refractivity contribution in [3.63, 3.8) is 0 Å². The van der Waals surface area contributed by atoms with E-state index in [4.69, 9.17) is 5.11 Å². The molecule has 0 heterocycles. The number of carbonyl (C=O) groups is 6. The van der Waals surface area contributed by atoms with Gasteiger partial charge in [-0.2, -0.15) is 12.6 Å². The Morgan fingerprint density at radius 2 is 1.74 bits per heavy atom. The molecule has 1 fully saturated rings. The van der Waals surface area contributed by atoms with E-state index < -0.39 is 59.6 Å². The molecule has 190 valence electrons. The molecule has 4 atom stereocenters. The van der Waals surface area contributed by atoms with Crippen LogP contribution in [0, 0.1) is 5.92 Å². The molecule has 6 N–H and O–H groups in total. The highest BCUT2D eigenvalue weighted by molar-refractivity contribution is 7.80. The Hall–Kier alpha value is -3.61. The molecule has 1 saturated carbocycles. The number of carboxylic acids is 2. The van der Waals surface area contributed by atoms with Crippen LogP contribution in [-0.2, 0) is 41.7 Å². The number of hydrogen-bond acceptors (Lipinski definition) is 7. The minimum Gasteiger partial charge on any atom is -0.481 e. The lowest BCUT2D eigenvalue weighted by atomic mass is 10.1. The highest BCUT2D eigenvalue weighted by Crippen LogP contribution is 2.44. The number of benzene rings is 1. The molecule has 1 aromatic rings. The summed E-state index contributed by atoms with van der Waals surface area (Å²) in [6.45, 7) is 1.95. The van der Waals surface area contributed by atoms with Gasteiger partial charge in [0.05, 0.1) is 18.8 Å². The molecule has 1 aliphatic carbocycles. The fourth-order valence-corrected chi connectivity index (χ4v) is 3.57. The highest BCUT2D eigenvalue weighted by Gasteiger charge is 2.65. The maximum atomic E-state index is 13.0. The summed E-state index contributed by atoms with van der Waals surface area (Å²) in [7, 11) is 0. The minimum absolute atomic E-state index is 0.152. The van der Waals surface area contributed by atoms with Crippen molar-refractivity contribution in [2.75, 3.05) is 5.75 Å². The van der Waals surface area contributed by atoms with Crippen molar-refractivity contribution in [3.8, 4) is 0 Å². The van der Waals surface area contributed by atoms with Gasteiger partial charge in [0.15, 0.2) is 0 Å². The van der Waals surface area contributed by atoms with Crippen LogP contribution < -0.4 is 21.3 Å². The number of thiol groups is 1. The molecule has 0 saturated heterocycles. The number of carboxylic acid groups (broad SMARTS) is 2. The minimum atomic E-state index is -1.80. The first-order valence-electron chi connectivity index (χ1n) is 10.7. The molecule has 0 aromatic heterocycles. The predicted octanol–water partition coefficient (Wildman–Crippen LogP) is -1.17. The number of hydrogen-bond donors (Lipinski definition) is 7. The molecule has 0 radical (unpaired) electrons. The number of aliphatic carboxylic acids is 2. The Kier molecular flexibility index (Phi) is 9.63. The Morgan fingerprint density at radius 1 is 1.11 bits per heavy atom. The molecule has 13 heteroatoms. The van der Waals surface area contributed by atoms with E-state index in [0.29, 0.717) is 18.5 Å². The topological polar surface area (TPSA) is 191 Å². The molecule has 35 heavy (non-hydrogen) atoms. The number of nitrogens with one attached hydrogen (secondary N) is 4. The van der Waals surface area contributed by atoms with Crippen molar-refractivity contribution in [1.29, 1.82) is 0 Å². The van der Waals surface area contributed by atoms with Crippen molar-refractivity contribution in [3.05, 3.63) is 35.4 Å². The van der Waals surface area contributed by atoms with E-state index in [-0.39, 0.29) is 18.6 Å². The molecule has 0 aliphatic heterocycles. The van der Waals surface area contributed by atoms with Crippen LogP contribution in [0.2, 0.25) is 0 Å². The van der Waals surface area contributed by atoms with Crippen LogP contribution >= 0.6 is 12.6 Å². The largest absolute Gasteiger partial charge is 0.481 e. The first-order valence-corrected chi connectivity index (χ1v) is 11.4. The van der Waals surface area contributed by atoms with Crippen molar-refractivity contribution in [2.24, 2.45) is 5.92 Å². The predicted molar refractivity (Wildman–Crippen MR) is 125 cm³/mol. The standard InChI is InChI=1S/C22H28N4O8S/c1-12(10-35)24-19(31)16(7-18(29)30)25-21(34)22(8-15(22)20(32)33)26-17(28)6-13-2-4-14(5-3-13)9-23-11-27/h2-5,11-12,15-16,35H,6-10H2,1H3,(H,23,27)(H,24,31)(H,25,34)(H,26,28)(H,29,30)(H,32,33)/t12-,15+,16+,22?/m1/s1. The zero-order valence-corrected chi connectivity index (χ0v) is 19.8. The molecule has 12 nitrogen and oxygen atoms in total. The third kappa shape index (κ3) is 7.70. The third-order valence-corrected chi connectivity index (χ3v) is 6.01. The SMILES string of the molecule is C[C@H](CS)NC(=O)[C@H](CC(=O)O)NC(=O)C1(NC(=O)Cc2ccc(CNC=O)cc2)C[C@H]1C(=O)O. The maximum Gasteiger partial charge on any atom is 0.309 e. The Bertz CT molecular complexity index is 986. The zero-order chi connectivity index (χ0) is 26.2. The summed E-state index contributed by atoms with van der Waals surface area (Å²) in [5.74, 6) is -5.95. The average Bonchev–Trinajstić information content (AvgIpc) is 3.53. The summed E-state index contributed by atoms with van der Waals surface area (Å²) < 4.78 is 0. The first-order chi connectivity index (χ1) is 16.5. The second-order valence-electron chi connectivity index (χ2n) is 8.32. The van der Waals surface area contributed by atoms with Crippen LogP contribution in [0.15, 0.2) is 24.3 Å². The summed E-state index contributed by atoms with van der Waals surface area (Å²) >= 11 is 4.04. The molecule has 2 rings (SSSR count). The lowest BCUT2D eigenvalue weighted by Crippen LogP contribution is -2.57. The molecule has 1 aromatic carbocycles. The Balaban J connectivity index is 2.12. The van der Waals surface area contributed by atoms with Gasteiger partial charge in [-0.05, 0) is 24.5 Å². The Morgan fingerprint density at radius 3 is 2.26 bits per heavy atom. The van der Waals surface area contributed by atoms with Crippen LogP contribution in [0.5, 0.6) is 0 Å². The molecular weight excluding hydrogens is 480 g/mol. The Labute approximate surface area is 206 Å². The van der Waals surface area contributed by atoms with E-state index >= 15 is 0 Å². The molecular formula is C22H28N4O8S. The summed E-state index contributed by atoms with van der Waals surface area (Å²) in [5.41, 5.74) is -0.410. The van der Waals surface area contributed by atoms with Gasteiger partial charge < -0.3 is 31.5 Å². The van der Waals surface area contributed by atoms with E-state index in [9.17, 15) is 33.9 Å². The van der Waals surface area contributed by atoms with Crippen LogP contribution in [-0.4, -0.2) is 69.7 Å². The fraction of sp³-hybridized carbons (Fsp3) is 0.455. The number of amides is 4. The van der Waals surface area contributed by atoms with Gasteiger partial charge in [0.1, 0.15) is 11.6 Å². The summed E-state index contributed by atoms with van der Waals surface area (Å²) in [4.78, 5) is 71.3. The van der Waals surface area contributed by atoms with E-state index in [1.807, 2.05) is 0 Å². The second-order valence-corrected chi connectivity index (χ2v) is 8.69. The lowest BCUT2D eigenvalue weighted by molar-refractivity contribution is -0.143. The molecule has 1 aliphatic rings. The van der Waals surface area contributed by atoms with Gasteiger partial charge in [0, 0.05) is 18.3 Å². The third-order valence-electron chi connectivity index (χ3n) is 5.47. The van der Waals surface area contributed by atoms with E-state index in [0.717, 1.165) is 5.56 Å². The van der Waals surface area contributed by atoms with Crippen LogP contribution in [0.25, 0.3) is 0 Å². The quantitative estimate of drug-likeness (QED) is 0.121. The van der Waals surface area contributed by atoms with Crippen molar-refractivity contribution in [2.45, 2.75) is 50.4 Å². The van der Waals surface area contributed by atoms with Gasteiger partial charge in [-0.3, -0.25) is 28.8 Å². The number of carbonyl (C=O) groups excluding carboxylic acids is 4. The number of rotatable bonds is 14. The molecule has 4 amide bonds. The fourth-order valence-electron chi connectivity index (χ4n) is 3.48. The second kappa shape index (κ2) is 12.2. The van der Waals surface area contributed by atoms with Crippen molar-refractivity contribution in [1.82, 2.24) is 21.3 Å². The average molecular weight is 509 g/mol. The van der Waals surface area contributed by atoms with Gasteiger partial charge in [-0.15, -0.1) is 0 Å². The lowest BCUT2D eigenvalue weighted by Gasteiger charge is -2.23. The van der Waals surface area contributed by atoms with Crippen LogP contribution in [0.1, 0.15) is 30.9 Å². The highest BCUT2D eigenvalue weighted by atomic mass is 32.1. The van der Waals surface area contributed by atoms with Gasteiger partial charge in [-0.1, -0.05) is 24.3 Å². The monoisotopic (exact) mass is 508 g/mol. The summed E-state index contributed by atoms with van der Waals surface area (Å²) in [6, 6.07) is 4.86. The normalized spacial score (nSPS) is 20.0. The van der Waals surface area contributed by atoms with Gasteiger partial charge in [0.2, 0.25) is 24.1 Å². The van der Waals surface area contributed by atoms with Gasteiger partial charge in [0.25, 0.3) is 0 Å². The van der Waals surface area contributed by atoms with E-state index in [2.05, 4.69) is 33.9 Å². The summed E-state index contributed by atoms with van der Waals surface area (Å²) in [5, 5.41) is 28.4. The zero-order valence-electron chi connectivity index (χ0n) is 18.9. The molecule has 0 spiro atoms. The molecule has 1 unspecified atom stereocenters. The van der Waals surface area contributed by atoms with Crippen molar-refractivity contribution < 1.29 is 39.0 Å². The molecule has 0 bridgehead atoms. The van der Waals surface area contributed by atoms with E-state index in [1.54, 1.807) is 31.2 Å². The maximum absolute atomic E-state index is 13.0. The van der Waals surface area contributed by atoms with Gasteiger partial charge >= 0.3 is 11.9 Å². The smallest absolute Gasteiger partial charge is 0.309 e. The first kappa shape index (κ1) is 27.6. The summed E-state index contributed by atoms with van der Waals surface area (Å²) in [6.07, 6.45) is -0.526. The van der Waals surface area contributed by atoms with Crippen molar-refractivity contribution >= 4 is 48.7 Å². The van der Waals surface area contributed by atoms with Gasteiger partial charge in [-0.25, -0.2) is 0 Å². The van der Waals surface area contributed by atoms with Crippen LogP contribution in [0.4, 0.5) is 0 Å².